The highest BCUT2D eigenvalue weighted by molar-refractivity contribution is 7.48. The number of nitriles is 1. The number of nitrogens with zero attached hydrogens (tertiary/aromatic N) is 12. The van der Waals surface area contributed by atoms with Crippen molar-refractivity contribution >= 4 is 85.1 Å². The lowest BCUT2D eigenvalue weighted by molar-refractivity contribution is -0.0752. The lowest BCUT2D eigenvalue weighted by atomic mass is 10.1. The largest absolute Gasteiger partial charge is 0.472 e. The maximum absolute atomic E-state index is 14.8. The molecule has 117 heavy (non-hydrogen) atoms. The van der Waals surface area contributed by atoms with Gasteiger partial charge in [-0.15, -0.1) is 0 Å². The summed E-state index contributed by atoms with van der Waals surface area (Å²) >= 11 is 0. The minimum absolute atomic E-state index is 0.0315. The SMILES string of the molecule is Cc1cn([C@@H]2O[C@H](COP(=O)(O)O[C@H]3[C@@H](O)[C@H](n4ccc(N)nc4=O)O[C@@H]3COP(=O)(O)O[C@H]3C[C@H](n4cc(C)c(=O)[nH]c4=O)O[C@@H]3COP(=O)(O)O)[C@@H](OP(=O)(O)OC[C@H]3O[C@@H](n4cnc5c(N)ncnc54)[C@H](O)[C@@H]3OP(=O)(O)OC[C@H]3O[C@@H](n4cnc5c(=O)[nH]c(N)nc54)[C@H](O)[C@@H]3O)[C@H]2OCCNC(=O)OCCC#N)c(=O)[nH]c1=O. The first kappa shape index (κ1) is 87.8. The molecular formula is C55H72N19O38P5. The summed E-state index contributed by atoms with van der Waals surface area (Å²) in [4.78, 5) is 185. The topological polar surface area (TPSA) is 818 Å². The van der Waals surface area contributed by atoms with Crippen LogP contribution in [0.3, 0.4) is 0 Å². The minimum atomic E-state index is -6.02. The van der Waals surface area contributed by atoms with Gasteiger partial charge >= 0.3 is 62.3 Å². The Morgan fingerprint density at radius 3 is 1.68 bits per heavy atom. The quantitative estimate of drug-likeness (QED) is 0.0132. The van der Waals surface area contributed by atoms with Crippen LogP contribution in [-0.4, -0.2) is 262 Å². The van der Waals surface area contributed by atoms with Crippen molar-refractivity contribution in [1.29, 1.82) is 5.26 Å². The van der Waals surface area contributed by atoms with Gasteiger partial charge in [0.05, 0.1) is 64.8 Å². The van der Waals surface area contributed by atoms with E-state index >= 15 is 0 Å². The van der Waals surface area contributed by atoms with E-state index in [1.54, 1.807) is 6.07 Å². The van der Waals surface area contributed by atoms with Gasteiger partial charge < -0.3 is 105 Å². The van der Waals surface area contributed by atoms with E-state index in [4.69, 9.17) is 91.8 Å². The first-order valence-electron chi connectivity index (χ1n) is 33.9. The first-order valence-corrected chi connectivity index (χ1v) is 41.4. The average Bonchev–Trinajstić information content (AvgIpc) is 1.64. The molecule has 5 fully saturated rings. The molecule has 5 saturated heterocycles. The third-order valence-corrected chi connectivity index (χ3v) is 22.4. The Balaban J connectivity index is 0.807. The third kappa shape index (κ3) is 20.3. The molecule has 7 aromatic rings. The fourth-order valence-corrected chi connectivity index (χ4v) is 16.8. The van der Waals surface area contributed by atoms with Crippen LogP contribution in [-0.2, 0) is 96.7 Å². The number of hydrogen-bond donors (Lipinski definition) is 17. The smallest absolute Gasteiger partial charge is 0.448 e. The van der Waals surface area contributed by atoms with Crippen molar-refractivity contribution in [3.05, 3.63) is 117 Å². The van der Waals surface area contributed by atoms with Gasteiger partial charge in [-0.1, -0.05) is 0 Å². The Morgan fingerprint density at radius 1 is 0.564 bits per heavy atom. The van der Waals surface area contributed by atoms with Crippen molar-refractivity contribution in [3.63, 3.8) is 0 Å². The number of nitrogen functional groups attached to an aromatic ring is 3. The van der Waals surface area contributed by atoms with E-state index in [0.29, 0.717) is 9.13 Å². The normalized spacial score (nSPS) is 29.5. The summed E-state index contributed by atoms with van der Waals surface area (Å²) in [5, 5.41) is 57.3. The number of rotatable bonds is 34. The zero-order chi connectivity index (χ0) is 84.7. The Labute approximate surface area is 649 Å². The number of nitrogens with one attached hydrogen (secondary N) is 4. The molecule has 12 heterocycles. The van der Waals surface area contributed by atoms with Gasteiger partial charge in [-0.25, -0.2) is 61.9 Å². The average molecular weight is 1760 g/mol. The Hall–Kier alpha value is -8.55. The first-order chi connectivity index (χ1) is 55.1. The number of aliphatic hydroxyl groups excluding tert-OH is 4. The van der Waals surface area contributed by atoms with Crippen molar-refractivity contribution in [1.82, 2.24) is 73.0 Å². The Bertz CT molecular complexity index is 5520. The van der Waals surface area contributed by atoms with Crippen LogP contribution in [0.5, 0.6) is 0 Å². The second-order valence-corrected chi connectivity index (χ2v) is 32.8. The van der Waals surface area contributed by atoms with Gasteiger partial charge in [0.25, 0.3) is 16.7 Å². The van der Waals surface area contributed by atoms with E-state index < -0.39 is 248 Å². The number of aliphatic hydroxyl groups is 4. The number of phosphoric ester groups is 5. The molecule has 62 heteroatoms. The molecule has 57 nitrogen and oxygen atoms in total. The molecule has 640 valence electrons. The minimum Gasteiger partial charge on any atom is -0.448 e. The molecule has 1 amide bonds. The molecule has 0 aromatic carbocycles. The van der Waals surface area contributed by atoms with Crippen molar-refractivity contribution in [2.24, 2.45) is 0 Å². The van der Waals surface area contributed by atoms with Gasteiger partial charge in [-0.2, -0.15) is 15.2 Å². The molecular weight excluding hydrogens is 1690 g/mol. The summed E-state index contributed by atoms with van der Waals surface area (Å²) in [7, 11) is -28.7. The van der Waals surface area contributed by atoms with Crippen LogP contribution in [0.25, 0.3) is 22.3 Å². The number of hydrogen-bond acceptors (Lipinski definition) is 42. The number of carbonyl (C=O) groups excluding carboxylic acids is 1. The number of H-pyrrole nitrogens is 3. The van der Waals surface area contributed by atoms with Crippen molar-refractivity contribution in [2.75, 3.05) is 70.0 Å². The third-order valence-electron chi connectivity index (χ3n) is 18.0. The lowest BCUT2D eigenvalue weighted by Gasteiger charge is -2.28. The molecule has 12 rings (SSSR count). The number of carbonyl (C=O) groups is 1. The summed E-state index contributed by atoms with van der Waals surface area (Å²) in [6, 6.07) is 2.79. The van der Waals surface area contributed by atoms with Crippen LogP contribution in [0.15, 0.2) is 72.4 Å². The van der Waals surface area contributed by atoms with E-state index in [1.807, 2.05) is 9.97 Å². The molecule has 0 spiro atoms. The van der Waals surface area contributed by atoms with Gasteiger partial charge in [-0.05, 0) is 19.9 Å². The Kier molecular flexibility index (Phi) is 26.6. The summed E-state index contributed by atoms with van der Waals surface area (Å²) in [6.45, 7) is -5.50. The number of aromatic amines is 3. The molecule has 0 radical (unpaired) electrons. The maximum Gasteiger partial charge on any atom is 0.472 e. The van der Waals surface area contributed by atoms with E-state index in [-0.39, 0.29) is 64.1 Å². The summed E-state index contributed by atoms with van der Waals surface area (Å²) in [5.41, 5.74) is 10.3. The van der Waals surface area contributed by atoms with E-state index in [2.05, 4.69) is 44.7 Å². The number of anilines is 3. The van der Waals surface area contributed by atoms with E-state index in [1.165, 1.54) is 13.8 Å². The molecule has 7 aromatic heterocycles. The van der Waals surface area contributed by atoms with Crippen LogP contribution in [0, 0.1) is 25.2 Å². The predicted molar refractivity (Wildman–Crippen MR) is 375 cm³/mol. The summed E-state index contributed by atoms with van der Waals surface area (Å²) in [5.74, 6) is -0.931. The maximum atomic E-state index is 14.8. The summed E-state index contributed by atoms with van der Waals surface area (Å²) in [6.07, 6.45) is -34.0. The molecule has 0 saturated carbocycles. The zero-order valence-corrected chi connectivity index (χ0v) is 64.3. The standard InChI is InChI=1S/C55H72N19O38P5/c1-21-11-71(53(83)68-44(21)79)30-10-23(24(104-30)13-99-113(86,87)88)109-114(89,90)101-15-26-37(35(77)48(106-26)70-7-4-29(57)65-52(70)82)110-116(93,94)103-17-28-39(40(97-9-6-60-55(85)98-8-3-5-56)50(108-28)72-12-22(2)45(80)69-54(72)84)112-117(95,96)102-16-27-38(36(78)49(107-27)73-19-63-31-41(58)61-18-62-42(31)73)111-115(91,92)100-14-25-33(75)34(76)47(105-25)74-20-64-32-43(74)66-51(59)67-46(32)81/h4,7,11-12,18-20,23-28,30,33-40,47-50,75-78H,3,6,8-10,13-17H2,1-2H3,(H,60,85)(H,89,90)(H,91,92)(H,93,94)(H,95,96)(H2,57,65,82)(H2,58,61,62)(H,68,79,83)(H,69,80,84)(H2,86,87,88)(H3,59,66,67,81)/t23-,24+,25+,26+,27+,28+,30+,33+,34+,35+,36+,37+,38+,39+,40+,47+,48+,49+,50+/m0/s1. The van der Waals surface area contributed by atoms with Gasteiger partial charge in [-0.3, -0.25) is 92.9 Å². The van der Waals surface area contributed by atoms with Crippen LogP contribution >= 0.6 is 39.1 Å². The molecule has 23 atom stereocenters. The van der Waals surface area contributed by atoms with Gasteiger partial charge in [0, 0.05) is 42.7 Å². The van der Waals surface area contributed by atoms with Crippen molar-refractivity contribution in [2.45, 2.75) is 143 Å². The molecule has 0 aliphatic carbocycles. The highest BCUT2D eigenvalue weighted by Gasteiger charge is 2.57. The second kappa shape index (κ2) is 35.4. The van der Waals surface area contributed by atoms with Crippen molar-refractivity contribution < 1.29 is 151 Å². The fraction of sp³-hybridized carbons (Fsp3) is 0.564. The molecule has 5 aliphatic rings. The Morgan fingerprint density at radius 2 is 1.08 bits per heavy atom. The zero-order valence-electron chi connectivity index (χ0n) is 59.8. The number of ether oxygens (including phenoxy) is 7. The molecule has 20 N–H and O–H groups in total. The monoisotopic (exact) mass is 1760 g/mol. The number of imidazole rings is 2. The number of amides is 1. The highest BCUT2D eigenvalue weighted by Crippen LogP contribution is 2.56. The van der Waals surface area contributed by atoms with E-state index in [0.717, 1.165) is 57.3 Å². The highest BCUT2D eigenvalue weighted by atomic mass is 31.2. The lowest BCUT2D eigenvalue weighted by Crippen LogP contribution is -2.42. The predicted octanol–water partition coefficient (Wildman–Crippen LogP) is -5.86. The fourth-order valence-electron chi connectivity index (χ4n) is 12.6. The van der Waals surface area contributed by atoms with Crippen LogP contribution in [0.2, 0.25) is 0 Å². The van der Waals surface area contributed by atoms with Crippen LogP contribution in [0.1, 0.15) is 55.1 Å². The number of phosphoric acid groups is 5. The summed E-state index contributed by atoms with van der Waals surface area (Å²) < 4.78 is 161. The second-order valence-electron chi connectivity index (χ2n) is 25.9. The number of nitrogens with two attached hydrogens (primary N) is 3. The number of alkyl carbamates (subject to hydrolysis) is 1. The van der Waals surface area contributed by atoms with Gasteiger partial charge in [0.15, 0.2) is 47.5 Å². The van der Waals surface area contributed by atoms with E-state index in [9.17, 15) is 106 Å². The molecule has 4 unspecified atom stereocenters. The van der Waals surface area contributed by atoms with Crippen LogP contribution < -0.4 is 56.3 Å². The number of aryl methyl sites for hydroxylation is 2. The van der Waals surface area contributed by atoms with Gasteiger partial charge in [0.1, 0.15) is 116 Å². The molecule has 0 bridgehead atoms. The van der Waals surface area contributed by atoms with Crippen molar-refractivity contribution in [3.8, 4) is 6.07 Å². The number of aromatic nitrogens is 14. The van der Waals surface area contributed by atoms with Crippen LogP contribution in [0.4, 0.5) is 22.4 Å². The van der Waals surface area contributed by atoms with Gasteiger partial charge in [0.2, 0.25) is 5.95 Å². The molecule has 5 aliphatic heterocycles. The number of fused-ring (bicyclic) bond motifs is 2.